The molecule has 3 heteroatoms. The van der Waals surface area contributed by atoms with Gasteiger partial charge in [-0.25, -0.2) is 4.79 Å². The third kappa shape index (κ3) is 7.46. The topological polar surface area (TPSA) is 26.3 Å². The second-order valence-corrected chi connectivity index (χ2v) is 3.06. The van der Waals surface area contributed by atoms with Gasteiger partial charge in [0.2, 0.25) is 0 Å². The van der Waals surface area contributed by atoms with Crippen molar-refractivity contribution in [1.82, 2.24) is 0 Å². The second kappa shape index (κ2) is 7.66. The molecule has 0 bridgehead atoms. The Kier molecular flexibility index (Phi) is 7.36. The van der Waals surface area contributed by atoms with Gasteiger partial charge in [-0.1, -0.05) is 13.3 Å². The second-order valence-electron chi connectivity index (χ2n) is 2.05. The standard InChI is InChI=1S/C8H14O2S/c1-3-4-6-11-7-5-8(9)10-2/h5,7H,3-4,6H2,1-2H3/b7-5+. The number of rotatable bonds is 5. The summed E-state index contributed by atoms with van der Waals surface area (Å²) in [6.07, 6.45) is 3.83. The van der Waals surface area contributed by atoms with Crippen LogP contribution in [0.5, 0.6) is 0 Å². The minimum Gasteiger partial charge on any atom is -0.466 e. The zero-order valence-electron chi connectivity index (χ0n) is 7.00. The van der Waals surface area contributed by atoms with E-state index in [1.54, 1.807) is 17.2 Å². The fourth-order valence-electron chi connectivity index (χ4n) is 0.467. The smallest absolute Gasteiger partial charge is 0.330 e. The Balaban J connectivity index is 3.22. The fourth-order valence-corrected chi connectivity index (χ4v) is 1.27. The molecule has 0 N–H and O–H groups in total. The van der Waals surface area contributed by atoms with Crippen LogP contribution in [0.4, 0.5) is 0 Å². The summed E-state index contributed by atoms with van der Waals surface area (Å²) in [7, 11) is 1.38. The first-order valence-corrected chi connectivity index (χ1v) is 4.72. The Morgan fingerprint density at radius 2 is 2.36 bits per heavy atom. The van der Waals surface area contributed by atoms with Crippen molar-refractivity contribution in [2.24, 2.45) is 0 Å². The summed E-state index contributed by atoms with van der Waals surface area (Å²) in [6, 6.07) is 0. The van der Waals surface area contributed by atoms with Crippen molar-refractivity contribution in [2.75, 3.05) is 12.9 Å². The Morgan fingerprint density at radius 1 is 1.64 bits per heavy atom. The molecule has 0 amide bonds. The minimum atomic E-state index is -0.283. The van der Waals surface area contributed by atoms with Crippen molar-refractivity contribution >= 4 is 17.7 Å². The molecular weight excluding hydrogens is 160 g/mol. The van der Waals surface area contributed by atoms with Crippen LogP contribution in [0.3, 0.4) is 0 Å². The number of hydrogen-bond donors (Lipinski definition) is 0. The molecule has 0 aromatic heterocycles. The molecular formula is C8H14O2S. The highest BCUT2D eigenvalue weighted by molar-refractivity contribution is 8.02. The van der Waals surface area contributed by atoms with Crippen LogP contribution in [0, 0.1) is 0 Å². The van der Waals surface area contributed by atoms with E-state index in [1.165, 1.54) is 26.0 Å². The summed E-state index contributed by atoms with van der Waals surface area (Å²) >= 11 is 1.64. The van der Waals surface area contributed by atoms with Crippen LogP contribution in [0.2, 0.25) is 0 Å². The van der Waals surface area contributed by atoms with E-state index in [-0.39, 0.29) is 5.97 Å². The molecule has 0 heterocycles. The summed E-state index contributed by atoms with van der Waals surface area (Å²) in [5, 5.41) is 1.78. The number of unbranched alkanes of at least 4 members (excludes halogenated alkanes) is 1. The molecule has 2 nitrogen and oxygen atoms in total. The number of methoxy groups -OCH3 is 1. The van der Waals surface area contributed by atoms with E-state index in [1.807, 2.05) is 0 Å². The third-order valence-corrected chi connectivity index (χ3v) is 1.97. The predicted octanol–water partition coefficient (Wildman–Crippen LogP) is 2.21. The van der Waals surface area contributed by atoms with E-state index in [0.717, 1.165) is 5.75 Å². The van der Waals surface area contributed by atoms with E-state index in [2.05, 4.69) is 11.7 Å². The number of ether oxygens (including phenoxy) is 1. The van der Waals surface area contributed by atoms with Crippen molar-refractivity contribution in [2.45, 2.75) is 19.8 Å². The normalized spacial score (nSPS) is 10.4. The first-order chi connectivity index (χ1) is 5.31. The predicted molar refractivity (Wildman–Crippen MR) is 48.5 cm³/mol. The highest BCUT2D eigenvalue weighted by Gasteiger charge is 1.88. The van der Waals surface area contributed by atoms with E-state index in [4.69, 9.17) is 0 Å². The molecule has 0 aliphatic heterocycles. The number of esters is 1. The van der Waals surface area contributed by atoms with Crippen LogP contribution >= 0.6 is 11.8 Å². The lowest BCUT2D eigenvalue weighted by atomic mass is 10.4. The number of thioether (sulfide) groups is 1. The van der Waals surface area contributed by atoms with Crippen molar-refractivity contribution in [3.63, 3.8) is 0 Å². The Hall–Kier alpha value is -0.440. The molecule has 11 heavy (non-hydrogen) atoms. The molecule has 64 valence electrons. The highest BCUT2D eigenvalue weighted by Crippen LogP contribution is 2.05. The number of carbonyl (C=O) groups is 1. The summed E-state index contributed by atoms with van der Waals surface area (Å²) in [4.78, 5) is 10.5. The molecule has 0 aliphatic carbocycles. The van der Waals surface area contributed by atoms with E-state index >= 15 is 0 Å². The van der Waals surface area contributed by atoms with Gasteiger partial charge in [0.05, 0.1) is 7.11 Å². The van der Waals surface area contributed by atoms with Crippen molar-refractivity contribution in [1.29, 1.82) is 0 Å². The summed E-state index contributed by atoms with van der Waals surface area (Å²) in [5.74, 6) is 0.790. The highest BCUT2D eigenvalue weighted by atomic mass is 32.2. The van der Waals surface area contributed by atoms with Gasteiger partial charge in [-0.2, -0.15) is 0 Å². The molecule has 0 aromatic carbocycles. The average molecular weight is 174 g/mol. The van der Waals surface area contributed by atoms with Crippen LogP contribution < -0.4 is 0 Å². The van der Waals surface area contributed by atoms with Gasteiger partial charge in [0.25, 0.3) is 0 Å². The van der Waals surface area contributed by atoms with E-state index < -0.39 is 0 Å². The number of carbonyl (C=O) groups excluding carboxylic acids is 1. The minimum absolute atomic E-state index is 0.283. The molecule has 0 saturated carbocycles. The molecule has 0 rings (SSSR count). The van der Waals surface area contributed by atoms with Gasteiger partial charge in [-0.15, -0.1) is 11.8 Å². The van der Waals surface area contributed by atoms with Crippen LogP contribution in [-0.2, 0) is 9.53 Å². The van der Waals surface area contributed by atoms with E-state index in [9.17, 15) is 4.79 Å². The van der Waals surface area contributed by atoms with Gasteiger partial charge in [-0.3, -0.25) is 0 Å². The lowest BCUT2D eigenvalue weighted by Gasteiger charge is -1.91. The maximum atomic E-state index is 10.5. The maximum Gasteiger partial charge on any atom is 0.330 e. The monoisotopic (exact) mass is 174 g/mol. The average Bonchev–Trinajstić information content (AvgIpc) is 2.04. The SMILES string of the molecule is CCCCS/C=C/C(=O)OC. The van der Waals surface area contributed by atoms with Gasteiger partial charge >= 0.3 is 5.97 Å². The van der Waals surface area contributed by atoms with Crippen molar-refractivity contribution < 1.29 is 9.53 Å². The first-order valence-electron chi connectivity index (χ1n) is 3.67. The molecule has 0 aliphatic rings. The van der Waals surface area contributed by atoms with Crippen LogP contribution in [-0.4, -0.2) is 18.8 Å². The molecule has 0 radical (unpaired) electrons. The van der Waals surface area contributed by atoms with Crippen LogP contribution in [0.1, 0.15) is 19.8 Å². The Bertz CT molecular complexity index is 132. The van der Waals surface area contributed by atoms with E-state index in [0.29, 0.717) is 0 Å². The largest absolute Gasteiger partial charge is 0.466 e. The molecule has 0 atom stereocenters. The molecule has 0 aromatic rings. The van der Waals surface area contributed by atoms with Gasteiger partial charge < -0.3 is 4.74 Å². The molecule has 0 saturated heterocycles. The number of hydrogen-bond acceptors (Lipinski definition) is 3. The first kappa shape index (κ1) is 10.6. The van der Waals surface area contributed by atoms with Gasteiger partial charge in [0.1, 0.15) is 0 Å². The lowest BCUT2D eigenvalue weighted by Crippen LogP contribution is -1.92. The van der Waals surface area contributed by atoms with Gasteiger partial charge in [0.15, 0.2) is 0 Å². The zero-order valence-corrected chi connectivity index (χ0v) is 7.82. The Morgan fingerprint density at radius 3 is 2.91 bits per heavy atom. The quantitative estimate of drug-likeness (QED) is 0.363. The molecule has 0 fully saturated rings. The summed E-state index contributed by atoms with van der Waals surface area (Å²) in [6.45, 7) is 2.14. The van der Waals surface area contributed by atoms with Crippen molar-refractivity contribution in [3.05, 3.63) is 11.5 Å². The van der Waals surface area contributed by atoms with Gasteiger partial charge in [-0.05, 0) is 17.6 Å². The third-order valence-electron chi connectivity index (χ3n) is 1.12. The fraction of sp³-hybridized carbons (Fsp3) is 0.625. The molecule has 0 unspecified atom stereocenters. The summed E-state index contributed by atoms with van der Waals surface area (Å²) in [5.41, 5.74) is 0. The zero-order chi connectivity index (χ0) is 8.53. The van der Waals surface area contributed by atoms with Gasteiger partial charge in [0, 0.05) is 6.08 Å². The summed E-state index contributed by atoms with van der Waals surface area (Å²) < 4.78 is 4.42. The van der Waals surface area contributed by atoms with Crippen LogP contribution in [0.25, 0.3) is 0 Å². The maximum absolute atomic E-state index is 10.5. The van der Waals surface area contributed by atoms with Crippen LogP contribution in [0.15, 0.2) is 11.5 Å². The lowest BCUT2D eigenvalue weighted by molar-refractivity contribution is -0.134. The molecule has 0 spiro atoms. The van der Waals surface area contributed by atoms with Crippen molar-refractivity contribution in [3.8, 4) is 0 Å². The Labute approximate surface area is 72.0 Å².